The van der Waals surface area contributed by atoms with E-state index in [1.165, 1.54) is 11.8 Å². The van der Waals surface area contributed by atoms with Crippen molar-refractivity contribution in [1.82, 2.24) is 9.88 Å². The van der Waals surface area contributed by atoms with Crippen LogP contribution in [0.1, 0.15) is 0 Å². The molecule has 3 rings (SSSR count). The number of rotatable bonds is 4. The van der Waals surface area contributed by atoms with Crippen molar-refractivity contribution in [3.63, 3.8) is 0 Å². The van der Waals surface area contributed by atoms with Crippen molar-refractivity contribution >= 4 is 40.6 Å². The lowest BCUT2D eigenvalue weighted by atomic mass is 10.2. The zero-order valence-electron chi connectivity index (χ0n) is 11.8. The van der Waals surface area contributed by atoms with Crippen molar-refractivity contribution in [3.8, 4) is 11.3 Å². The Morgan fingerprint density at radius 2 is 2.05 bits per heavy atom. The maximum absolute atomic E-state index is 12.1. The largest absolute Gasteiger partial charge is 0.378 e. The molecule has 0 unspecified atom stereocenters. The molecule has 1 fully saturated rings. The van der Waals surface area contributed by atoms with Crippen molar-refractivity contribution in [1.29, 1.82) is 0 Å². The molecule has 2 aromatic rings. The molecule has 0 N–H and O–H groups in total. The molecule has 1 saturated heterocycles. The Morgan fingerprint density at radius 3 is 2.77 bits per heavy atom. The van der Waals surface area contributed by atoms with E-state index in [1.807, 2.05) is 34.5 Å². The fraction of sp³-hybridized carbons (Fsp3) is 0.333. The molecular formula is C15H15ClN2O2S2. The van der Waals surface area contributed by atoms with E-state index in [-0.39, 0.29) is 5.91 Å². The molecule has 0 aliphatic carbocycles. The molecule has 0 spiro atoms. The maximum Gasteiger partial charge on any atom is 0.233 e. The fourth-order valence-corrected chi connectivity index (χ4v) is 3.97. The molecule has 116 valence electrons. The van der Waals surface area contributed by atoms with Gasteiger partial charge in [0.15, 0.2) is 4.34 Å². The number of amides is 1. The number of carbonyl (C=O) groups excluding carboxylic acids is 1. The predicted molar refractivity (Wildman–Crippen MR) is 90.7 cm³/mol. The first-order chi connectivity index (χ1) is 10.7. The number of hydrogen-bond donors (Lipinski definition) is 0. The lowest BCUT2D eigenvalue weighted by Gasteiger charge is -2.26. The van der Waals surface area contributed by atoms with E-state index in [1.54, 1.807) is 11.3 Å². The van der Waals surface area contributed by atoms with Gasteiger partial charge in [-0.15, -0.1) is 11.3 Å². The number of morpholine rings is 1. The standard InChI is InChI=1S/C15H15ClN2O2S2/c16-12-3-1-11(2-4-12)13-9-21-15(17-13)22-10-14(19)18-5-7-20-8-6-18/h1-4,9H,5-8,10H2. The molecule has 4 nitrogen and oxygen atoms in total. The van der Waals surface area contributed by atoms with Crippen LogP contribution in [0.4, 0.5) is 0 Å². The van der Waals surface area contributed by atoms with Gasteiger partial charge in [-0.25, -0.2) is 4.98 Å². The van der Waals surface area contributed by atoms with Gasteiger partial charge in [-0.3, -0.25) is 4.79 Å². The highest BCUT2D eigenvalue weighted by Crippen LogP contribution is 2.29. The van der Waals surface area contributed by atoms with Gasteiger partial charge in [0, 0.05) is 29.1 Å². The Bertz CT molecular complexity index is 639. The Hall–Kier alpha value is -1.08. The second kappa shape index (κ2) is 7.46. The van der Waals surface area contributed by atoms with Gasteiger partial charge in [0.05, 0.1) is 24.7 Å². The van der Waals surface area contributed by atoms with Crippen LogP contribution in [-0.4, -0.2) is 47.8 Å². The minimum atomic E-state index is 0.150. The van der Waals surface area contributed by atoms with E-state index in [0.717, 1.165) is 15.6 Å². The molecule has 0 bridgehead atoms. The second-order valence-electron chi connectivity index (χ2n) is 4.79. The first kappa shape index (κ1) is 15.8. The quantitative estimate of drug-likeness (QED) is 0.789. The summed E-state index contributed by atoms with van der Waals surface area (Å²) in [5.74, 6) is 0.574. The summed E-state index contributed by atoms with van der Waals surface area (Å²) in [4.78, 5) is 18.5. The van der Waals surface area contributed by atoms with E-state index in [0.29, 0.717) is 37.1 Å². The molecule has 7 heteroatoms. The van der Waals surface area contributed by atoms with Crippen LogP contribution in [0.5, 0.6) is 0 Å². The molecule has 0 atom stereocenters. The average Bonchev–Trinajstić information content (AvgIpc) is 3.03. The van der Waals surface area contributed by atoms with Gasteiger partial charge in [0.1, 0.15) is 0 Å². The number of thioether (sulfide) groups is 1. The molecule has 1 aliphatic rings. The number of thiazole rings is 1. The van der Waals surface area contributed by atoms with Gasteiger partial charge < -0.3 is 9.64 Å². The van der Waals surface area contributed by atoms with Crippen LogP contribution in [0, 0.1) is 0 Å². The number of benzene rings is 1. The molecule has 0 radical (unpaired) electrons. The van der Waals surface area contributed by atoms with E-state index in [2.05, 4.69) is 4.98 Å². The van der Waals surface area contributed by atoms with E-state index in [9.17, 15) is 4.79 Å². The van der Waals surface area contributed by atoms with Crippen LogP contribution in [0.15, 0.2) is 34.0 Å². The fourth-order valence-electron chi connectivity index (χ4n) is 2.10. The van der Waals surface area contributed by atoms with Gasteiger partial charge in [-0.2, -0.15) is 0 Å². The minimum Gasteiger partial charge on any atom is -0.378 e. The highest BCUT2D eigenvalue weighted by atomic mass is 35.5. The zero-order chi connectivity index (χ0) is 15.4. The van der Waals surface area contributed by atoms with Gasteiger partial charge in [0.2, 0.25) is 5.91 Å². The molecule has 1 aromatic heterocycles. The summed E-state index contributed by atoms with van der Waals surface area (Å²) in [5, 5.41) is 2.72. The van der Waals surface area contributed by atoms with Gasteiger partial charge in [0.25, 0.3) is 0 Å². The van der Waals surface area contributed by atoms with E-state index < -0.39 is 0 Å². The second-order valence-corrected chi connectivity index (χ2v) is 7.30. The van der Waals surface area contributed by atoms with Crippen molar-refractivity contribution in [2.45, 2.75) is 4.34 Å². The van der Waals surface area contributed by atoms with Crippen molar-refractivity contribution in [2.24, 2.45) is 0 Å². The molecule has 2 heterocycles. The third-order valence-corrected chi connectivity index (χ3v) is 5.56. The van der Waals surface area contributed by atoms with Crippen LogP contribution in [0.2, 0.25) is 5.02 Å². The van der Waals surface area contributed by atoms with Crippen LogP contribution in [-0.2, 0) is 9.53 Å². The molecule has 0 saturated carbocycles. The molecule has 1 aliphatic heterocycles. The maximum atomic E-state index is 12.1. The van der Waals surface area contributed by atoms with E-state index in [4.69, 9.17) is 16.3 Å². The number of halogens is 1. The van der Waals surface area contributed by atoms with Crippen molar-refractivity contribution in [2.75, 3.05) is 32.1 Å². The topological polar surface area (TPSA) is 42.4 Å². The number of aromatic nitrogens is 1. The van der Waals surface area contributed by atoms with Crippen LogP contribution < -0.4 is 0 Å². The molecule has 1 aromatic carbocycles. The number of ether oxygens (including phenoxy) is 1. The average molecular weight is 355 g/mol. The first-order valence-electron chi connectivity index (χ1n) is 6.92. The summed E-state index contributed by atoms with van der Waals surface area (Å²) in [7, 11) is 0. The number of hydrogen-bond acceptors (Lipinski definition) is 5. The highest BCUT2D eigenvalue weighted by Gasteiger charge is 2.17. The molecule has 22 heavy (non-hydrogen) atoms. The summed E-state index contributed by atoms with van der Waals surface area (Å²) in [6, 6.07) is 7.60. The SMILES string of the molecule is O=C(CSc1nc(-c2ccc(Cl)cc2)cs1)N1CCOCC1. The Kier molecular flexibility index (Phi) is 5.36. The minimum absolute atomic E-state index is 0.150. The summed E-state index contributed by atoms with van der Waals surface area (Å²) in [6.07, 6.45) is 0. The lowest BCUT2D eigenvalue weighted by Crippen LogP contribution is -2.41. The van der Waals surface area contributed by atoms with Gasteiger partial charge in [-0.1, -0.05) is 35.5 Å². The normalized spacial score (nSPS) is 15.0. The summed E-state index contributed by atoms with van der Waals surface area (Å²) in [6.45, 7) is 2.64. The van der Waals surface area contributed by atoms with Crippen molar-refractivity contribution in [3.05, 3.63) is 34.7 Å². The van der Waals surface area contributed by atoms with Crippen molar-refractivity contribution < 1.29 is 9.53 Å². The molecule has 1 amide bonds. The zero-order valence-corrected chi connectivity index (χ0v) is 14.2. The lowest BCUT2D eigenvalue weighted by molar-refractivity contribution is -0.132. The summed E-state index contributed by atoms with van der Waals surface area (Å²) in [5.41, 5.74) is 1.95. The highest BCUT2D eigenvalue weighted by molar-refractivity contribution is 8.01. The third-order valence-electron chi connectivity index (χ3n) is 3.31. The molecular weight excluding hydrogens is 340 g/mol. The number of nitrogens with zero attached hydrogens (tertiary/aromatic N) is 2. The van der Waals surface area contributed by atoms with Crippen LogP contribution in [0.25, 0.3) is 11.3 Å². The smallest absolute Gasteiger partial charge is 0.233 e. The van der Waals surface area contributed by atoms with Crippen LogP contribution >= 0.6 is 34.7 Å². The number of carbonyl (C=O) groups is 1. The monoisotopic (exact) mass is 354 g/mol. The summed E-state index contributed by atoms with van der Waals surface area (Å²) >= 11 is 8.94. The first-order valence-corrected chi connectivity index (χ1v) is 9.16. The summed E-state index contributed by atoms with van der Waals surface area (Å²) < 4.78 is 6.16. The Labute approximate surface area is 142 Å². The Balaban J connectivity index is 1.57. The van der Waals surface area contributed by atoms with Gasteiger partial charge >= 0.3 is 0 Å². The van der Waals surface area contributed by atoms with Crippen LogP contribution in [0.3, 0.4) is 0 Å². The van der Waals surface area contributed by atoms with E-state index >= 15 is 0 Å². The third kappa shape index (κ3) is 4.01. The Morgan fingerprint density at radius 1 is 1.32 bits per heavy atom. The van der Waals surface area contributed by atoms with Gasteiger partial charge in [-0.05, 0) is 12.1 Å². The predicted octanol–water partition coefficient (Wildman–Crippen LogP) is 3.41.